The van der Waals surface area contributed by atoms with Crippen LogP contribution in [0.2, 0.25) is 5.02 Å². The number of nitrogens with one attached hydrogen (secondary N) is 2. The lowest BCUT2D eigenvalue weighted by molar-refractivity contribution is 0.565. The Kier molecular flexibility index (Phi) is 9.30. The van der Waals surface area contributed by atoms with Crippen molar-refractivity contribution in [2.45, 2.75) is 26.7 Å². The molecule has 1 aromatic heterocycles. The summed E-state index contributed by atoms with van der Waals surface area (Å²) in [5.74, 6) is 1.46. The van der Waals surface area contributed by atoms with Gasteiger partial charge in [-0.25, -0.2) is 4.98 Å². The molecule has 2 heterocycles. The summed E-state index contributed by atoms with van der Waals surface area (Å²) >= 11 is 7.94. The molecule has 0 spiro atoms. The van der Waals surface area contributed by atoms with Crippen LogP contribution in [-0.4, -0.2) is 44.2 Å². The number of aromatic nitrogens is 1. The Morgan fingerprint density at radius 3 is 2.89 bits per heavy atom. The first-order valence-corrected chi connectivity index (χ1v) is 10.6. The van der Waals surface area contributed by atoms with Crippen molar-refractivity contribution in [3.8, 4) is 0 Å². The second-order valence-corrected chi connectivity index (χ2v) is 8.78. The molecule has 1 aliphatic heterocycles. The van der Waals surface area contributed by atoms with Gasteiger partial charge in [0.15, 0.2) is 5.96 Å². The molecular weight excluding hydrogens is 505 g/mol. The van der Waals surface area contributed by atoms with Gasteiger partial charge in [0.05, 0.1) is 5.01 Å². The Balaban J connectivity index is 0.00000280. The van der Waals surface area contributed by atoms with Crippen LogP contribution >= 0.6 is 46.9 Å². The van der Waals surface area contributed by atoms with E-state index in [0.29, 0.717) is 5.92 Å². The zero-order valence-electron chi connectivity index (χ0n) is 16.7. The SMILES string of the molecule is CN=C(NCCc1ncc(C)s1)NCC1CCN(c2cc(Cl)ccc2C)C1.I. The van der Waals surface area contributed by atoms with E-state index in [1.54, 1.807) is 11.3 Å². The van der Waals surface area contributed by atoms with Gasteiger partial charge in [-0.3, -0.25) is 4.99 Å². The lowest BCUT2D eigenvalue weighted by Crippen LogP contribution is -2.41. The van der Waals surface area contributed by atoms with E-state index in [1.807, 2.05) is 19.3 Å². The summed E-state index contributed by atoms with van der Waals surface area (Å²) in [5, 5.41) is 8.82. The van der Waals surface area contributed by atoms with Crippen molar-refractivity contribution in [1.82, 2.24) is 15.6 Å². The molecular formula is C20H29ClIN5S. The minimum Gasteiger partial charge on any atom is -0.371 e. The van der Waals surface area contributed by atoms with Crippen molar-refractivity contribution < 1.29 is 0 Å². The first-order valence-electron chi connectivity index (χ1n) is 9.42. The number of nitrogens with zero attached hydrogens (tertiary/aromatic N) is 3. The molecule has 1 atom stereocenters. The summed E-state index contributed by atoms with van der Waals surface area (Å²) in [5.41, 5.74) is 2.54. The van der Waals surface area contributed by atoms with Gasteiger partial charge in [0.25, 0.3) is 0 Å². The number of aliphatic imine (C=N–C) groups is 1. The predicted octanol–water partition coefficient (Wildman–Crippen LogP) is 4.27. The summed E-state index contributed by atoms with van der Waals surface area (Å²) in [4.78, 5) is 12.4. The number of anilines is 1. The zero-order chi connectivity index (χ0) is 19.2. The molecule has 154 valence electrons. The highest BCUT2D eigenvalue weighted by atomic mass is 127. The third kappa shape index (κ3) is 6.49. The van der Waals surface area contributed by atoms with Gasteiger partial charge in [-0.2, -0.15) is 0 Å². The van der Waals surface area contributed by atoms with Gasteiger partial charge in [0.1, 0.15) is 0 Å². The maximum absolute atomic E-state index is 6.18. The average molecular weight is 534 g/mol. The van der Waals surface area contributed by atoms with Crippen LogP contribution in [0.15, 0.2) is 29.4 Å². The quantitative estimate of drug-likeness (QED) is 0.331. The molecule has 1 aromatic carbocycles. The molecule has 0 radical (unpaired) electrons. The summed E-state index contributed by atoms with van der Waals surface area (Å²) in [6, 6.07) is 6.13. The minimum absolute atomic E-state index is 0. The highest BCUT2D eigenvalue weighted by Gasteiger charge is 2.24. The molecule has 1 saturated heterocycles. The Bertz CT molecular complexity index is 795. The first kappa shape index (κ1) is 23.2. The van der Waals surface area contributed by atoms with Gasteiger partial charge in [0, 0.05) is 61.4 Å². The van der Waals surface area contributed by atoms with E-state index in [4.69, 9.17) is 11.6 Å². The van der Waals surface area contributed by atoms with Gasteiger partial charge in [-0.15, -0.1) is 35.3 Å². The molecule has 1 unspecified atom stereocenters. The maximum Gasteiger partial charge on any atom is 0.191 e. The largest absolute Gasteiger partial charge is 0.371 e. The van der Waals surface area contributed by atoms with Crippen LogP contribution in [0, 0.1) is 19.8 Å². The summed E-state index contributed by atoms with van der Waals surface area (Å²) in [6.07, 6.45) is 4.03. The smallest absolute Gasteiger partial charge is 0.191 e. The van der Waals surface area contributed by atoms with Crippen LogP contribution in [0.25, 0.3) is 0 Å². The lowest BCUT2D eigenvalue weighted by Gasteiger charge is -2.21. The van der Waals surface area contributed by atoms with Gasteiger partial charge in [0.2, 0.25) is 0 Å². The van der Waals surface area contributed by atoms with Crippen LogP contribution in [0.4, 0.5) is 5.69 Å². The molecule has 0 saturated carbocycles. The molecule has 1 aliphatic rings. The Hall–Kier alpha value is -1.06. The zero-order valence-corrected chi connectivity index (χ0v) is 20.6. The Morgan fingerprint density at radius 2 is 2.18 bits per heavy atom. The van der Waals surface area contributed by atoms with Crippen molar-refractivity contribution in [2.24, 2.45) is 10.9 Å². The molecule has 0 bridgehead atoms. The number of aryl methyl sites for hydroxylation is 2. The van der Waals surface area contributed by atoms with Crippen molar-refractivity contribution in [1.29, 1.82) is 0 Å². The second-order valence-electron chi connectivity index (χ2n) is 7.03. The molecule has 3 rings (SSSR count). The van der Waals surface area contributed by atoms with E-state index in [-0.39, 0.29) is 24.0 Å². The van der Waals surface area contributed by atoms with E-state index in [0.717, 1.165) is 43.6 Å². The van der Waals surface area contributed by atoms with Crippen molar-refractivity contribution >= 4 is 58.6 Å². The number of thiazole rings is 1. The summed E-state index contributed by atoms with van der Waals surface area (Å²) in [7, 11) is 1.82. The fourth-order valence-electron chi connectivity index (χ4n) is 3.41. The maximum atomic E-state index is 6.18. The second kappa shape index (κ2) is 11.2. The van der Waals surface area contributed by atoms with Crippen LogP contribution in [0.1, 0.15) is 21.9 Å². The fraction of sp³-hybridized carbons (Fsp3) is 0.500. The van der Waals surface area contributed by atoms with Crippen LogP contribution < -0.4 is 15.5 Å². The molecule has 2 aromatic rings. The van der Waals surface area contributed by atoms with Gasteiger partial charge in [-0.05, 0) is 43.9 Å². The number of hydrogen-bond acceptors (Lipinski definition) is 4. The van der Waals surface area contributed by atoms with Gasteiger partial charge >= 0.3 is 0 Å². The predicted molar refractivity (Wildman–Crippen MR) is 132 cm³/mol. The Labute approximate surface area is 194 Å². The van der Waals surface area contributed by atoms with E-state index in [2.05, 4.69) is 51.5 Å². The highest BCUT2D eigenvalue weighted by molar-refractivity contribution is 14.0. The fourth-order valence-corrected chi connectivity index (χ4v) is 4.36. The number of rotatable bonds is 6. The molecule has 2 N–H and O–H groups in total. The Morgan fingerprint density at radius 1 is 1.36 bits per heavy atom. The van der Waals surface area contributed by atoms with E-state index < -0.39 is 0 Å². The molecule has 8 heteroatoms. The molecule has 0 amide bonds. The van der Waals surface area contributed by atoms with Crippen LogP contribution in [-0.2, 0) is 6.42 Å². The van der Waals surface area contributed by atoms with Crippen LogP contribution in [0.5, 0.6) is 0 Å². The molecule has 1 fully saturated rings. The third-order valence-electron chi connectivity index (χ3n) is 4.88. The molecule has 5 nitrogen and oxygen atoms in total. The summed E-state index contributed by atoms with van der Waals surface area (Å²) in [6.45, 7) is 8.11. The topological polar surface area (TPSA) is 52.6 Å². The highest BCUT2D eigenvalue weighted by Crippen LogP contribution is 2.29. The normalized spacial score (nSPS) is 16.8. The summed E-state index contributed by atoms with van der Waals surface area (Å²) < 4.78 is 0. The van der Waals surface area contributed by atoms with E-state index in [9.17, 15) is 0 Å². The lowest BCUT2D eigenvalue weighted by atomic mass is 10.1. The number of halogens is 2. The monoisotopic (exact) mass is 533 g/mol. The number of hydrogen-bond donors (Lipinski definition) is 2. The minimum atomic E-state index is 0. The standard InChI is InChI=1S/C20H28ClN5S.HI/c1-14-4-5-17(21)10-18(14)26-9-7-16(13-26)12-25-20(22-3)23-8-6-19-24-11-15(2)27-19;/h4-5,10-11,16H,6-9,12-13H2,1-3H3,(H2,22,23,25);1H. The third-order valence-corrected chi connectivity index (χ3v) is 6.09. The molecule has 0 aliphatic carbocycles. The van der Waals surface area contributed by atoms with Gasteiger partial charge in [-0.1, -0.05) is 17.7 Å². The van der Waals surface area contributed by atoms with E-state index in [1.165, 1.54) is 27.6 Å². The van der Waals surface area contributed by atoms with E-state index >= 15 is 0 Å². The van der Waals surface area contributed by atoms with Crippen molar-refractivity contribution in [3.05, 3.63) is 44.9 Å². The van der Waals surface area contributed by atoms with Gasteiger partial charge < -0.3 is 15.5 Å². The van der Waals surface area contributed by atoms with Crippen molar-refractivity contribution in [3.63, 3.8) is 0 Å². The number of benzene rings is 1. The first-order chi connectivity index (χ1) is 13.0. The van der Waals surface area contributed by atoms with Crippen molar-refractivity contribution in [2.75, 3.05) is 38.1 Å². The average Bonchev–Trinajstić information content (AvgIpc) is 3.29. The molecule has 28 heavy (non-hydrogen) atoms. The number of guanidine groups is 1. The van der Waals surface area contributed by atoms with Crippen LogP contribution in [0.3, 0.4) is 0 Å².